The molecule has 0 aliphatic carbocycles. The summed E-state index contributed by atoms with van der Waals surface area (Å²) in [5, 5.41) is 9.48. The fourth-order valence-corrected chi connectivity index (χ4v) is 2.20. The van der Waals surface area contributed by atoms with Gasteiger partial charge >= 0.3 is 0 Å². The van der Waals surface area contributed by atoms with Crippen LogP contribution in [0.5, 0.6) is 0 Å². The standard InChI is InChI=1S/C12H13BrN2O/c1-8(16)10-3-4-12(11(13)7-10)15-6-5-14-9(15)2/h3-8,16H,1-2H3/t8-/m0/s1. The van der Waals surface area contributed by atoms with E-state index in [2.05, 4.69) is 20.9 Å². The fraction of sp³-hybridized carbons (Fsp3) is 0.250. The van der Waals surface area contributed by atoms with Gasteiger partial charge in [-0.3, -0.25) is 0 Å². The molecule has 2 aromatic rings. The maximum Gasteiger partial charge on any atom is 0.110 e. The number of rotatable bonds is 2. The second-order valence-electron chi connectivity index (χ2n) is 3.73. The fourth-order valence-electron chi connectivity index (χ4n) is 1.61. The van der Waals surface area contributed by atoms with E-state index in [1.54, 1.807) is 13.1 Å². The lowest BCUT2D eigenvalue weighted by Gasteiger charge is -2.11. The van der Waals surface area contributed by atoms with E-state index in [0.29, 0.717) is 0 Å². The molecule has 0 radical (unpaired) electrons. The van der Waals surface area contributed by atoms with Gasteiger partial charge in [-0.25, -0.2) is 4.98 Å². The van der Waals surface area contributed by atoms with Crippen LogP contribution < -0.4 is 0 Å². The van der Waals surface area contributed by atoms with Crippen LogP contribution >= 0.6 is 15.9 Å². The summed E-state index contributed by atoms with van der Waals surface area (Å²) in [4.78, 5) is 4.18. The number of aliphatic hydroxyl groups is 1. The molecule has 1 N–H and O–H groups in total. The first kappa shape index (κ1) is 11.4. The summed E-state index contributed by atoms with van der Waals surface area (Å²) >= 11 is 3.51. The van der Waals surface area contributed by atoms with Crippen molar-refractivity contribution in [2.45, 2.75) is 20.0 Å². The summed E-state index contributed by atoms with van der Waals surface area (Å²) < 4.78 is 2.95. The van der Waals surface area contributed by atoms with E-state index in [9.17, 15) is 5.11 Å². The van der Waals surface area contributed by atoms with Crippen molar-refractivity contribution in [2.75, 3.05) is 0 Å². The molecule has 0 saturated heterocycles. The molecule has 0 fully saturated rings. The first-order valence-corrected chi connectivity index (χ1v) is 5.86. The smallest absolute Gasteiger partial charge is 0.110 e. The summed E-state index contributed by atoms with van der Waals surface area (Å²) in [7, 11) is 0. The van der Waals surface area contributed by atoms with Crippen LogP contribution in [-0.2, 0) is 0 Å². The van der Waals surface area contributed by atoms with Crippen LogP contribution in [0.15, 0.2) is 35.1 Å². The zero-order valence-electron chi connectivity index (χ0n) is 9.18. The lowest BCUT2D eigenvalue weighted by Crippen LogP contribution is -1.98. The number of nitrogens with zero attached hydrogens (tertiary/aromatic N) is 2. The van der Waals surface area contributed by atoms with Gasteiger partial charge in [0.2, 0.25) is 0 Å². The molecule has 0 saturated carbocycles. The number of imidazole rings is 1. The molecular weight excluding hydrogens is 268 g/mol. The maximum absolute atomic E-state index is 9.48. The SMILES string of the molecule is Cc1nccn1-c1ccc([C@H](C)O)cc1Br. The van der Waals surface area contributed by atoms with Crippen LogP contribution in [0.2, 0.25) is 0 Å². The molecule has 1 aromatic carbocycles. The van der Waals surface area contributed by atoms with E-state index in [-0.39, 0.29) is 0 Å². The van der Waals surface area contributed by atoms with Crippen LogP contribution in [0.1, 0.15) is 24.4 Å². The Hall–Kier alpha value is -1.13. The first-order valence-electron chi connectivity index (χ1n) is 5.07. The Morgan fingerprint density at radius 2 is 2.19 bits per heavy atom. The highest BCUT2D eigenvalue weighted by atomic mass is 79.9. The predicted octanol–water partition coefficient (Wildman–Crippen LogP) is 3.00. The number of hydrogen-bond acceptors (Lipinski definition) is 2. The third kappa shape index (κ3) is 2.03. The molecule has 16 heavy (non-hydrogen) atoms. The van der Waals surface area contributed by atoms with Crippen LogP contribution in [0.25, 0.3) is 5.69 Å². The lowest BCUT2D eigenvalue weighted by molar-refractivity contribution is 0.199. The third-order valence-electron chi connectivity index (χ3n) is 2.54. The second kappa shape index (κ2) is 4.39. The van der Waals surface area contributed by atoms with Crippen molar-refractivity contribution < 1.29 is 5.11 Å². The molecule has 3 nitrogen and oxygen atoms in total. The zero-order chi connectivity index (χ0) is 11.7. The van der Waals surface area contributed by atoms with E-state index in [1.165, 1.54) is 0 Å². The van der Waals surface area contributed by atoms with E-state index >= 15 is 0 Å². The Kier molecular flexibility index (Phi) is 3.12. The molecule has 84 valence electrons. The van der Waals surface area contributed by atoms with E-state index < -0.39 is 6.10 Å². The molecule has 1 aromatic heterocycles. The molecule has 0 spiro atoms. The van der Waals surface area contributed by atoms with E-state index in [1.807, 2.05) is 35.9 Å². The molecule has 0 amide bonds. The number of aryl methyl sites for hydroxylation is 1. The summed E-state index contributed by atoms with van der Waals surface area (Å²) in [5.41, 5.74) is 1.92. The van der Waals surface area contributed by atoms with Crippen molar-refractivity contribution in [2.24, 2.45) is 0 Å². The number of aliphatic hydroxyl groups excluding tert-OH is 1. The lowest BCUT2D eigenvalue weighted by atomic mass is 10.1. The monoisotopic (exact) mass is 280 g/mol. The zero-order valence-corrected chi connectivity index (χ0v) is 10.8. The molecule has 0 bridgehead atoms. The van der Waals surface area contributed by atoms with Crippen LogP contribution in [0, 0.1) is 6.92 Å². The summed E-state index contributed by atoms with van der Waals surface area (Å²) in [6.07, 6.45) is 3.23. The van der Waals surface area contributed by atoms with Crippen molar-refractivity contribution in [3.05, 3.63) is 46.5 Å². The molecule has 0 unspecified atom stereocenters. The number of hydrogen-bond donors (Lipinski definition) is 1. The number of benzene rings is 1. The van der Waals surface area contributed by atoms with Gasteiger partial charge in [-0.05, 0) is 47.5 Å². The quantitative estimate of drug-likeness (QED) is 0.919. The number of halogens is 1. The Labute approximate surface area is 103 Å². The van der Waals surface area contributed by atoms with Crippen molar-refractivity contribution in [1.82, 2.24) is 9.55 Å². The van der Waals surface area contributed by atoms with Crippen LogP contribution in [0.4, 0.5) is 0 Å². The van der Waals surface area contributed by atoms with Crippen molar-refractivity contribution in [3.8, 4) is 5.69 Å². The molecule has 4 heteroatoms. The van der Waals surface area contributed by atoms with Gasteiger partial charge in [0.05, 0.1) is 11.8 Å². The Morgan fingerprint density at radius 1 is 1.44 bits per heavy atom. The van der Waals surface area contributed by atoms with Crippen molar-refractivity contribution in [1.29, 1.82) is 0 Å². The van der Waals surface area contributed by atoms with Crippen molar-refractivity contribution in [3.63, 3.8) is 0 Å². The van der Waals surface area contributed by atoms with Gasteiger partial charge in [0.15, 0.2) is 0 Å². The van der Waals surface area contributed by atoms with E-state index in [4.69, 9.17) is 0 Å². The second-order valence-corrected chi connectivity index (χ2v) is 4.59. The van der Waals surface area contributed by atoms with Gasteiger partial charge in [-0.2, -0.15) is 0 Å². The van der Waals surface area contributed by atoms with Gasteiger partial charge in [0.1, 0.15) is 5.82 Å². The van der Waals surface area contributed by atoms with Crippen LogP contribution in [-0.4, -0.2) is 14.7 Å². The third-order valence-corrected chi connectivity index (χ3v) is 3.17. The normalized spacial score (nSPS) is 12.8. The molecular formula is C12H13BrN2O. The van der Waals surface area contributed by atoms with Gasteiger partial charge in [-0.1, -0.05) is 6.07 Å². The average molecular weight is 281 g/mol. The minimum atomic E-state index is -0.450. The first-order chi connectivity index (χ1) is 7.59. The minimum Gasteiger partial charge on any atom is -0.389 e. The minimum absolute atomic E-state index is 0.450. The number of aromatic nitrogens is 2. The topological polar surface area (TPSA) is 38.0 Å². The Morgan fingerprint density at radius 3 is 2.69 bits per heavy atom. The largest absolute Gasteiger partial charge is 0.389 e. The summed E-state index contributed by atoms with van der Waals surface area (Å²) in [6.45, 7) is 3.71. The molecule has 1 atom stereocenters. The van der Waals surface area contributed by atoms with Crippen LogP contribution in [0.3, 0.4) is 0 Å². The Balaban J connectivity index is 2.48. The Bertz CT molecular complexity index is 505. The van der Waals surface area contributed by atoms with Gasteiger partial charge in [0, 0.05) is 16.9 Å². The average Bonchev–Trinajstić information content (AvgIpc) is 2.64. The highest BCUT2D eigenvalue weighted by molar-refractivity contribution is 9.10. The van der Waals surface area contributed by atoms with Gasteiger partial charge in [0.25, 0.3) is 0 Å². The van der Waals surface area contributed by atoms with E-state index in [0.717, 1.165) is 21.5 Å². The molecule has 0 aliphatic heterocycles. The highest BCUT2D eigenvalue weighted by Crippen LogP contribution is 2.25. The highest BCUT2D eigenvalue weighted by Gasteiger charge is 2.08. The molecule has 1 heterocycles. The molecule has 0 aliphatic rings. The summed E-state index contributed by atoms with van der Waals surface area (Å²) in [6, 6.07) is 5.82. The maximum atomic E-state index is 9.48. The van der Waals surface area contributed by atoms with Gasteiger partial charge in [-0.15, -0.1) is 0 Å². The van der Waals surface area contributed by atoms with Gasteiger partial charge < -0.3 is 9.67 Å². The molecule has 2 rings (SSSR count). The summed E-state index contributed by atoms with van der Waals surface area (Å²) in [5.74, 6) is 0.936. The predicted molar refractivity (Wildman–Crippen MR) is 66.6 cm³/mol. The van der Waals surface area contributed by atoms with Crippen molar-refractivity contribution >= 4 is 15.9 Å².